The molecule has 21 heavy (non-hydrogen) atoms. The van der Waals surface area contributed by atoms with Gasteiger partial charge in [0.2, 0.25) is 0 Å². The zero-order chi connectivity index (χ0) is 15.5. The molecule has 1 aromatic carbocycles. The molecule has 1 unspecified atom stereocenters. The third kappa shape index (κ3) is 3.70. The average molecular weight is 301 g/mol. The first-order valence-electron chi connectivity index (χ1n) is 7.55. The van der Waals surface area contributed by atoms with Gasteiger partial charge in [-0.1, -0.05) is 25.8 Å². The van der Waals surface area contributed by atoms with Crippen LogP contribution in [-0.2, 0) is 12.8 Å². The van der Waals surface area contributed by atoms with Crippen LogP contribution < -0.4 is 4.90 Å². The molecule has 1 atom stereocenters. The van der Waals surface area contributed by atoms with Crippen LogP contribution >= 0.6 is 0 Å². The lowest BCUT2D eigenvalue weighted by atomic mass is 10.0. The Kier molecular flexibility index (Phi) is 5.14. The molecule has 1 saturated heterocycles. The Hall–Kier alpha value is -1.23. The lowest BCUT2D eigenvalue weighted by Gasteiger charge is -2.32. The van der Waals surface area contributed by atoms with Crippen LogP contribution in [0.15, 0.2) is 18.2 Å². The molecule has 0 spiro atoms. The van der Waals surface area contributed by atoms with Crippen LogP contribution in [0.3, 0.4) is 0 Å². The average Bonchev–Trinajstić information content (AvgIpc) is 2.70. The van der Waals surface area contributed by atoms with E-state index in [-0.39, 0.29) is 5.56 Å². The number of aliphatic hydroxyl groups is 1. The number of halogens is 3. The van der Waals surface area contributed by atoms with Crippen LogP contribution in [0.25, 0.3) is 0 Å². The topological polar surface area (TPSA) is 23.5 Å². The molecule has 0 bridgehead atoms. The van der Waals surface area contributed by atoms with Crippen molar-refractivity contribution in [1.29, 1.82) is 0 Å². The van der Waals surface area contributed by atoms with Gasteiger partial charge < -0.3 is 10.0 Å². The second-order valence-electron chi connectivity index (χ2n) is 5.60. The number of aliphatic hydroxyl groups excluding tert-OH is 1. The standard InChI is InChI=1S/C16H22F3NO/c1-2-13-6-4-3-5-9-20(13)14-8-7-12(11-21)15(10-14)16(17,18)19/h7-8,10,13,21H,2-6,9,11H2,1H3. The van der Waals surface area contributed by atoms with Gasteiger partial charge in [0.15, 0.2) is 0 Å². The molecule has 1 aliphatic rings. The quantitative estimate of drug-likeness (QED) is 0.897. The number of anilines is 1. The highest BCUT2D eigenvalue weighted by Gasteiger charge is 2.34. The van der Waals surface area contributed by atoms with Crippen molar-refractivity contribution in [1.82, 2.24) is 0 Å². The van der Waals surface area contributed by atoms with Crippen molar-refractivity contribution in [2.45, 2.75) is 57.9 Å². The minimum atomic E-state index is -4.43. The van der Waals surface area contributed by atoms with Crippen molar-refractivity contribution in [2.75, 3.05) is 11.4 Å². The van der Waals surface area contributed by atoms with Gasteiger partial charge in [-0.2, -0.15) is 13.2 Å². The van der Waals surface area contributed by atoms with E-state index in [0.717, 1.165) is 38.6 Å². The SMILES string of the molecule is CCC1CCCCCN1c1ccc(CO)c(C(F)(F)F)c1. The number of benzene rings is 1. The van der Waals surface area contributed by atoms with Gasteiger partial charge in [0.25, 0.3) is 0 Å². The summed E-state index contributed by atoms with van der Waals surface area (Å²) in [4.78, 5) is 2.10. The summed E-state index contributed by atoms with van der Waals surface area (Å²) in [6.07, 6.45) is 0.813. The Morgan fingerprint density at radius 2 is 2.00 bits per heavy atom. The zero-order valence-electron chi connectivity index (χ0n) is 12.3. The van der Waals surface area contributed by atoms with E-state index in [1.54, 1.807) is 6.07 Å². The first kappa shape index (κ1) is 16.1. The highest BCUT2D eigenvalue weighted by molar-refractivity contribution is 5.52. The normalized spacial score (nSPS) is 20.4. The Bertz CT molecular complexity index is 473. The Labute approximate surface area is 123 Å². The van der Waals surface area contributed by atoms with Crippen molar-refractivity contribution >= 4 is 5.69 Å². The third-order valence-electron chi connectivity index (χ3n) is 4.25. The van der Waals surface area contributed by atoms with Gasteiger partial charge in [-0.25, -0.2) is 0 Å². The highest BCUT2D eigenvalue weighted by atomic mass is 19.4. The van der Waals surface area contributed by atoms with Crippen molar-refractivity contribution < 1.29 is 18.3 Å². The zero-order valence-corrected chi connectivity index (χ0v) is 12.3. The molecule has 0 saturated carbocycles. The van der Waals surface area contributed by atoms with E-state index in [4.69, 9.17) is 5.11 Å². The third-order valence-corrected chi connectivity index (χ3v) is 4.25. The van der Waals surface area contributed by atoms with Crippen molar-refractivity contribution in [2.24, 2.45) is 0 Å². The van der Waals surface area contributed by atoms with Crippen LogP contribution in [0.2, 0.25) is 0 Å². The van der Waals surface area contributed by atoms with Crippen LogP contribution in [0, 0.1) is 0 Å². The summed E-state index contributed by atoms with van der Waals surface area (Å²) in [5.41, 5.74) is -0.163. The minimum Gasteiger partial charge on any atom is -0.392 e. The molecule has 1 fully saturated rings. The summed E-state index contributed by atoms with van der Waals surface area (Å²) < 4.78 is 39.3. The maximum atomic E-state index is 13.1. The molecule has 1 aliphatic heterocycles. The van der Waals surface area contributed by atoms with Gasteiger partial charge in [0.05, 0.1) is 12.2 Å². The van der Waals surface area contributed by atoms with E-state index in [1.165, 1.54) is 12.1 Å². The van der Waals surface area contributed by atoms with Gasteiger partial charge in [-0.05, 0) is 37.0 Å². The molecule has 2 rings (SSSR count). The summed E-state index contributed by atoms with van der Waals surface area (Å²) >= 11 is 0. The summed E-state index contributed by atoms with van der Waals surface area (Å²) in [6, 6.07) is 4.60. The lowest BCUT2D eigenvalue weighted by molar-refractivity contribution is -0.138. The molecule has 2 nitrogen and oxygen atoms in total. The van der Waals surface area contributed by atoms with Gasteiger partial charge in [0, 0.05) is 18.3 Å². The van der Waals surface area contributed by atoms with E-state index < -0.39 is 18.3 Å². The van der Waals surface area contributed by atoms with Crippen molar-refractivity contribution in [3.8, 4) is 0 Å². The molecule has 1 aromatic rings. The van der Waals surface area contributed by atoms with Gasteiger partial charge in [0.1, 0.15) is 0 Å². The molecule has 1 heterocycles. The largest absolute Gasteiger partial charge is 0.416 e. The highest BCUT2D eigenvalue weighted by Crippen LogP contribution is 2.36. The fourth-order valence-electron chi connectivity index (χ4n) is 3.09. The number of nitrogens with zero attached hydrogens (tertiary/aromatic N) is 1. The summed E-state index contributed by atoms with van der Waals surface area (Å²) in [5, 5.41) is 9.11. The minimum absolute atomic E-state index is 0.0610. The van der Waals surface area contributed by atoms with E-state index in [9.17, 15) is 13.2 Å². The molecule has 118 valence electrons. The van der Waals surface area contributed by atoms with Gasteiger partial charge in [-0.15, -0.1) is 0 Å². The number of hydrogen-bond acceptors (Lipinski definition) is 2. The fraction of sp³-hybridized carbons (Fsp3) is 0.625. The molecule has 0 aromatic heterocycles. The molecule has 0 amide bonds. The molecular formula is C16H22F3NO. The number of alkyl halides is 3. The maximum Gasteiger partial charge on any atom is 0.416 e. The van der Waals surface area contributed by atoms with Crippen molar-refractivity contribution in [3.05, 3.63) is 29.3 Å². The molecule has 0 radical (unpaired) electrons. The Morgan fingerprint density at radius 3 is 2.62 bits per heavy atom. The summed E-state index contributed by atoms with van der Waals surface area (Å²) in [6.45, 7) is 2.29. The summed E-state index contributed by atoms with van der Waals surface area (Å²) in [5.74, 6) is 0. The lowest BCUT2D eigenvalue weighted by Crippen LogP contribution is -2.34. The van der Waals surface area contributed by atoms with E-state index in [1.807, 2.05) is 0 Å². The first-order chi connectivity index (χ1) is 9.97. The number of hydrogen-bond donors (Lipinski definition) is 1. The van der Waals surface area contributed by atoms with E-state index in [2.05, 4.69) is 11.8 Å². The maximum absolute atomic E-state index is 13.1. The summed E-state index contributed by atoms with van der Waals surface area (Å²) in [7, 11) is 0. The van der Waals surface area contributed by atoms with Gasteiger partial charge >= 0.3 is 6.18 Å². The van der Waals surface area contributed by atoms with Crippen LogP contribution in [0.5, 0.6) is 0 Å². The Balaban J connectivity index is 2.38. The second kappa shape index (κ2) is 6.69. The number of rotatable bonds is 3. The first-order valence-corrected chi connectivity index (χ1v) is 7.55. The van der Waals surface area contributed by atoms with Crippen LogP contribution in [0.4, 0.5) is 18.9 Å². The van der Waals surface area contributed by atoms with Crippen molar-refractivity contribution in [3.63, 3.8) is 0 Å². The smallest absolute Gasteiger partial charge is 0.392 e. The Morgan fingerprint density at radius 1 is 1.24 bits per heavy atom. The molecule has 5 heteroatoms. The van der Waals surface area contributed by atoms with Gasteiger partial charge in [-0.3, -0.25) is 0 Å². The van der Waals surface area contributed by atoms with Crippen LogP contribution in [0.1, 0.15) is 50.2 Å². The monoisotopic (exact) mass is 301 g/mol. The predicted molar refractivity (Wildman–Crippen MR) is 77.3 cm³/mol. The predicted octanol–water partition coefficient (Wildman–Crippen LogP) is 4.36. The molecule has 1 N–H and O–H groups in total. The fourth-order valence-corrected chi connectivity index (χ4v) is 3.09. The van der Waals surface area contributed by atoms with E-state index in [0.29, 0.717) is 11.7 Å². The van der Waals surface area contributed by atoms with Crippen LogP contribution in [-0.4, -0.2) is 17.7 Å². The second-order valence-corrected chi connectivity index (χ2v) is 5.60. The molecular weight excluding hydrogens is 279 g/mol. The van der Waals surface area contributed by atoms with E-state index >= 15 is 0 Å². The molecule has 0 aliphatic carbocycles.